The first-order valence-corrected chi connectivity index (χ1v) is 4.02. The fourth-order valence-electron chi connectivity index (χ4n) is 1.17. The summed E-state index contributed by atoms with van der Waals surface area (Å²) in [6, 6.07) is 1.65. The third-order valence-corrected chi connectivity index (χ3v) is 1.93. The lowest BCUT2D eigenvalue weighted by Gasteiger charge is -1.96. The van der Waals surface area contributed by atoms with Crippen LogP contribution in [0.3, 0.4) is 0 Å². The molecule has 0 atom stereocenters. The fourth-order valence-corrected chi connectivity index (χ4v) is 1.17. The van der Waals surface area contributed by atoms with Gasteiger partial charge in [0.1, 0.15) is 0 Å². The second kappa shape index (κ2) is 3.10. The zero-order chi connectivity index (χ0) is 10.1. The van der Waals surface area contributed by atoms with Gasteiger partial charge in [0.25, 0.3) is 5.71 Å². The predicted octanol–water partition coefficient (Wildman–Crippen LogP) is 1.32. The molecular weight excluding hydrogens is 184 g/mol. The van der Waals surface area contributed by atoms with Crippen molar-refractivity contribution in [3.05, 3.63) is 23.5 Å². The molecule has 0 unspecified atom stereocenters. The molecule has 0 radical (unpaired) electrons. The Morgan fingerprint density at radius 3 is 3.07 bits per heavy atom. The van der Waals surface area contributed by atoms with Crippen LogP contribution in [0.5, 0.6) is 0 Å². The topological polar surface area (TPSA) is 65.2 Å². The number of fused-ring (bicyclic) bond motifs is 1. The van der Waals surface area contributed by atoms with E-state index in [0.29, 0.717) is 17.0 Å². The van der Waals surface area contributed by atoms with Crippen molar-refractivity contribution in [2.45, 2.75) is 6.92 Å². The minimum Gasteiger partial charge on any atom is -0.465 e. The molecule has 14 heavy (non-hydrogen) atoms. The number of hydrogen-bond donors (Lipinski definition) is 0. The molecule has 2 aromatic heterocycles. The molecule has 0 aliphatic rings. The van der Waals surface area contributed by atoms with E-state index in [-0.39, 0.29) is 0 Å². The second-order valence-electron chi connectivity index (χ2n) is 2.84. The Hall–Kier alpha value is -1.91. The molecule has 0 saturated heterocycles. The van der Waals surface area contributed by atoms with Gasteiger partial charge in [-0.2, -0.15) is 0 Å². The first-order valence-electron chi connectivity index (χ1n) is 4.02. The van der Waals surface area contributed by atoms with Gasteiger partial charge in [0.15, 0.2) is 0 Å². The third-order valence-electron chi connectivity index (χ3n) is 1.93. The van der Waals surface area contributed by atoms with Crippen LogP contribution in [0.4, 0.5) is 0 Å². The van der Waals surface area contributed by atoms with Gasteiger partial charge in [-0.3, -0.25) is 0 Å². The van der Waals surface area contributed by atoms with Gasteiger partial charge in [-0.05, 0) is 13.0 Å². The molecule has 0 saturated carbocycles. The van der Waals surface area contributed by atoms with Gasteiger partial charge in [0.2, 0.25) is 0 Å². The van der Waals surface area contributed by atoms with Gasteiger partial charge in [-0.15, -0.1) is 0 Å². The number of carbonyl (C=O) groups is 1. The molecule has 0 aliphatic heterocycles. The highest BCUT2D eigenvalue weighted by molar-refractivity contribution is 5.93. The van der Waals surface area contributed by atoms with E-state index in [1.54, 1.807) is 13.0 Å². The number of esters is 1. The molecule has 2 heterocycles. The van der Waals surface area contributed by atoms with Crippen molar-refractivity contribution in [1.29, 1.82) is 0 Å². The minimum atomic E-state index is -0.417. The van der Waals surface area contributed by atoms with E-state index < -0.39 is 5.97 Å². The van der Waals surface area contributed by atoms with Crippen molar-refractivity contribution in [1.82, 2.24) is 10.1 Å². The molecule has 72 valence electrons. The summed E-state index contributed by atoms with van der Waals surface area (Å²) in [4.78, 5) is 15.1. The van der Waals surface area contributed by atoms with Crippen molar-refractivity contribution < 1.29 is 14.1 Å². The highest BCUT2D eigenvalue weighted by Gasteiger charge is 2.10. The summed E-state index contributed by atoms with van der Waals surface area (Å²) in [5.41, 5.74) is 1.53. The van der Waals surface area contributed by atoms with E-state index in [0.717, 1.165) is 5.39 Å². The van der Waals surface area contributed by atoms with Crippen LogP contribution in [0, 0.1) is 6.92 Å². The number of hydrogen-bond acceptors (Lipinski definition) is 5. The van der Waals surface area contributed by atoms with Crippen LogP contribution < -0.4 is 0 Å². The minimum absolute atomic E-state index is 0.395. The summed E-state index contributed by atoms with van der Waals surface area (Å²) in [5, 5.41) is 4.46. The standard InChI is InChI=1S/C9H8N2O3/c1-5-7-3-6(9(12)13-2)4-10-8(7)14-11-5/h3-4H,1-2H3. The van der Waals surface area contributed by atoms with Gasteiger partial charge >= 0.3 is 5.97 Å². The number of pyridine rings is 1. The molecular formula is C9H8N2O3. The van der Waals surface area contributed by atoms with Crippen molar-refractivity contribution in [3.8, 4) is 0 Å². The quantitative estimate of drug-likeness (QED) is 0.637. The molecule has 0 amide bonds. The number of aromatic nitrogens is 2. The number of carbonyl (C=O) groups excluding carboxylic acids is 1. The van der Waals surface area contributed by atoms with Crippen LogP contribution in [0.1, 0.15) is 16.1 Å². The third kappa shape index (κ3) is 1.22. The van der Waals surface area contributed by atoms with E-state index in [4.69, 9.17) is 4.52 Å². The molecule has 5 nitrogen and oxygen atoms in total. The summed E-state index contributed by atoms with van der Waals surface area (Å²) in [5.74, 6) is -0.417. The van der Waals surface area contributed by atoms with Crippen LogP contribution in [0.15, 0.2) is 16.8 Å². The number of rotatable bonds is 1. The van der Waals surface area contributed by atoms with Gasteiger partial charge < -0.3 is 9.26 Å². The van der Waals surface area contributed by atoms with Gasteiger partial charge in [0, 0.05) is 6.20 Å². The average Bonchev–Trinajstić information content (AvgIpc) is 2.59. The Labute approximate surface area is 79.7 Å². The van der Waals surface area contributed by atoms with Crippen LogP contribution in [-0.4, -0.2) is 23.2 Å². The second-order valence-corrected chi connectivity index (χ2v) is 2.84. The highest BCUT2D eigenvalue weighted by atomic mass is 16.5. The lowest BCUT2D eigenvalue weighted by atomic mass is 10.2. The summed E-state index contributed by atoms with van der Waals surface area (Å²) in [7, 11) is 1.33. The zero-order valence-corrected chi connectivity index (χ0v) is 7.77. The molecule has 0 fully saturated rings. The normalized spacial score (nSPS) is 10.4. The van der Waals surface area contributed by atoms with E-state index in [1.165, 1.54) is 13.3 Å². The number of ether oxygens (including phenoxy) is 1. The van der Waals surface area contributed by atoms with E-state index >= 15 is 0 Å². The molecule has 5 heteroatoms. The van der Waals surface area contributed by atoms with Crippen molar-refractivity contribution in [2.75, 3.05) is 7.11 Å². The Bertz CT molecular complexity index is 490. The summed E-state index contributed by atoms with van der Waals surface area (Å²) in [6.45, 7) is 1.79. The first kappa shape index (κ1) is 8.68. The van der Waals surface area contributed by atoms with Gasteiger partial charge in [-0.25, -0.2) is 9.78 Å². The highest BCUT2D eigenvalue weighted by Crippen LogP contribution is 2.16. The van der Waals surface area contributed by atoms with E-state index in [2.05, 4.69) is 14.9 Å². The Morgan fingerprint density at radius 1 is 1.57 bits per heavy atom. The van der Waals surface area contributed by atoms with Crippen molar-refractivity contribution in [2.24, 2.45) is 0 Å². The number of aryl methyl sites for hydroxylation is 1. The number of nitrogens with zero attached hydrogens (tertiary/aromatic N) is 2. The maximum absolute atomic E-state index is 11.2. The lowest BCUT2D eigenvalue weighted by molar-refractivity contribution is 0.0600. The van der Waals surface area contributed by atoms with Gasteiger partial charge in [-0.1, -0.05) is 5.16 Å². The van der Waals surface area contributed by atoms with Crippen LogP contribution in [-0.2, 0) is 4.74 Å². The maximum Gasteiger partial charge on any atom is 0.339 e. The molecule has 0 aliphatic carbocycles. The largest absolute Gasteiger partial charge is 0.465 e. The molecule has 0 spiro atoms. The lowest BCUT2D eigenvalue weighted by Crippen LogP contribution is -2.01. The van der Waals surface area contributed by atoms with Gasteiger partial charge in [0.05, 0.1) is 23.8 Å². The molecule has 2 rings (SSSR count). The summed E-state index contributed by atoms with van der Waals surface area (Å²) >= 11 is 0. The molecule has 0 aromatic carbocycles. The van der Waals surface area contributed by atoms with Crippen LogP contribution >= 0.6 is 0 Å². The zero-order valence-electron chi connectivity index (χ0n) is 7.77. The molecule has 0 bridgehead atoms. The first-order chi connectivity index (χ1) is 6.72. The Morgan fingerprint density at radius 2 is 2.36 bits per heavy atom. The van der Waals surface area contributed by atoms with Crippen LogP contribution in [0.2, 0.25) is 0 Å². The van der Waals surface area contributed by atoms with E-state index in [1.807, 2.05) is 0 Å². The molecule has 0 N–H and O–H groups in total. The smallest absolute Gasteiger partial charge is 0.339 e. The van der Waals surface area contributed by atoms with E-state index in [9.17, 15) is 4.79 Å². The average molecular weight is 192 g/mol. The maximum atomic E-state index is 11.2. The van der Waals surface area contributed by atoms with Crippen molar-refractivity contribution in [3.63, 3.8) is 0 Å². The summed E-state index contributed by atoms with van der Waals surface area (Å²) in [6.07, 6.45) is 1.40. The SMILES string of the molecule is COC(=O)c1cnc2onc(C)c2c1. The Balaban J connectivity index is 2.60. The summed E-state index contributed by atoms with van der Waals surface area (Å²) < 4.78 is 9.48. The van der Waals surface area contributed by atoms with Crippen molar-refractivity contribution >= 4 is 17.1 Å². The fraction of sp³-hybridized carbons (Fsp3) is 0.222. The molecule has 2 aromatic rings. The Kier molecular flexibility index (Phi) is 1.92. The monoisotopic (exact) mass is 192 g/mol. The van der Waals surface area contributed by atoms with Crippen LogP contribution in [0.25, 0.3) is 11.1 Å². The number of methoxy groups -OCH3 is 1. The predicted molar refractivity (Wildman–Crippen MR) is 47.9 cm³/mol.